The average Bonchev–Trinajstić information content (AvgIpc) is 3.13. The highest BCUT2D eigenvalue weighted by molar-refractivity contribution is 8.01. The minimum absolute atomic E-state index is 0.0439. The molecule has 2 amide bonds. The van der Waals surface area contributed by atoms with Gasteiger partial charge in [-0.25, -0.2) is 4.79 Å². The minimum Gasteiger partial charge on any atom is -0.391 e. The first-order valence-corrected chi connectivity index (χ1v) is 14.8. The van der Waals surface area contributed by atoms with Gasteiger partial charge in [-0.05, 0) is 48.9 Å². The van der Waals surface area contributed by atoms with E-state index >= 15 is 0 Å². The van der Waals surface area contributed by atoms with Crippen LogP contribution in [0.25, 0.3) is 10.8 Å². The normalized spacial score (nSPS) is 22.5. The van der Waals surface area contributed by atoms with E-state index in [2.05, 4.69) is 19.2 Å². The molecule has 2 heterocycles. The molecule has 0 aliphatic carbocycles. The molecule has 4 unspecified atom stereocenters. The Balaban J connectivity index is 1.41. The molecule has 8 heteroatoms. The van der Waals surface area contributed by atoms with Crippen LogP contribution in [0, 0.1) is 17.8 Å². The number of carbonyl (C=O) groups excluding carboxylic acids is 4. The van der Waals surface area contributed by atoms with E-state index in [1.165, 1.54) is 16.7 Å². The van der Waals surface area contributed by atoms with Crippen LogP contribution in [0.5, 0.6) is 0 Å². The first kappa shape index (κ1) is 29.1. The van der Waals surface area contributed by atoms with E-state index in [4.69, 9.17) is 4.74 Å². The van der Waals surface area contributed by atoms with Crippen LogP contribution < -0.4 is 5.32 Å². The number of hydrogen-bond donors (Lipinski definition) is 1. The van der Waals surface area contributed by atoms with Gasteiger partial charge in [0.15, 0.2) is 0 Å². The van der Waals surface area contributed by atoms with Gasteiger partial charge in [-0.15, -0.1) is 11.8 Å². The maximum Gasteiger partial charge on any atom is 0.337 e. The lowest BCUT2D eigenvalue weighted by molar-refractivity contribution is -0.173. The highest BCUT2D eigenvalue weighted by atomic mass is 32.2. The van der Waals surface area contributed by atoms with Gasteiger partial charge in [0, 0.05) is 10.3 Å². The third-order valence-electron chi connectivity index (χ3n) is 7.84. The number of fused-ring (bicyclic) bond motifs is 2. The molecule has 2 aliphatic heterocycles. The van der Waals surface area contributed by atoms with Crippen LogP contribution in [0.3, 0.4) is 0 Å². The molecule has 210 valence electrons. The molecule has 2 fully saturated rings. The van der Waals surface area contributed by atoms with Crippen LogP contribution in [-0.2, 0) is 19.1 Å². The number of β-lactam (4-membered cyclic amide) rings is 1. The smallest absolute Gasteiger partial charge is 0.337 e. The summed E-state index contributed by atoms with van der Waals surface area (Å²) in [5, 5.41) is 4.23. The number of nitrogens with zero attached hydrogens (tertiary/aromatic N) is 1. The van der Waals surface area contributed by atoms with Crippen LogP contribution in [0.2, 0.25) is 0 Å². The van der Waals surface area contributed by atoms with E-state index in [1.807, 2.05) is 64.1 Å². The van der Waals surface area contributed by atoms with Crippen molar-refractivity contribution in [2.45, 2.75) is 89.4 Å². The fourth-order valence-corrected chi connectivity index (χ4v) is 7.26. The van der Waals surface area contributed by atoms with Crippen molar-refractivity contribution in [2.24, 2.45) is 17.8 Å². The minimum atomic E-state index is -0.900. The Morgan fingerprint density at radius 3 is 2.36 bits per heavy atom. The molecule has 1 N–H and O–H groups in total. The van der Waals surface area contributed by atoms with Crippen molar-refractivity contribution in [3.8, 4) is 0 Å². The lowest BCUT2D eigenvalue weighted by atomic mass is 9.89. The number of benzene rings is 2. The molecule has 0 radical (unpaired) electrons. The van der Waals surface area contributed by atoms with Gasteiger partial charge in [0.1, 0.15) is 17.5 Å². The molecule has 0 saturated carbocycles. The van der Waals surface area contributed by atoms with Crippen molar-refractivity contribution in [3.05, 3.63) is 48.0 Å². The average molecular weight is 553 g/mol. The highest BCUT2D eigenvalue weighted by Crippen LogP contribution is 2.51. The summed E-state index contributed by atoms with van der Waals surface area (Å²) in [7, 11) is 0. The molecule has 7 nitrogen and oxygen atoms in total. The van der Waals surface area contributed by atoms with E-state index in [0.717, 1.165) is 30.0 Å². The van der Waals surface area contributed by atoms with E-state index in [1.54, 1.807) is 6.07 Å². The molecule has 4 atom stereocenters. The van der Waals surface area contributed by atoms with Gasteiger partial charge < -0.3 is 15.0 Å². The Morgan fingerprint density at radius 2 is 1.67 bits per heavy atom. The number of thioether (sulfide) groups is 1. The fraction of sp³-hybridized carbons (Fsp3) is 0.548. The Labute approximate surface area is 235 Å². The second-order valence-electron chi connectivity index (χ2n) is 12.0. The Morgan fingerprint density at radius 1 is 1.00 bits per heavy atom. The van der Waals surface area contributed by atoms with Crippen LogP contribution in [0.4, 0.5) is 0 Å². The van der Waals surface area contributed by atoms with Gasteiger partial charge in [0.25, 0.3) is 5.91 Å². The van der Waals surface area contributed by atoms with Crippen molar-refractivity contribution >= 4 is 46.3 Å². The Kier molecular flexibility index (Phi) is 8.74. The largest absolute Gasteiger partial charge is 0.391 e. The standard InChI is InChI=1S/C31H40N2O5S/c1-18(2)12-7-9-15-21(19(3)4)29(36)38-30(37)25-31(5,6)39-28-24(27(35)33(25)28)32-26(34)23-17-11-14-20-13-8-10-16-22(20)23/h8,10-11,13-14,16-19,21,24-25,28H,7,9,12,15H2,1-6H3,(H,32,34). The zero-order valence-corrected chi connectivity index (χ0v) is 24.5. The van der Waals surface area contributed by atoms with Gasteiger partial charge in [-0.2, -0.15) is 0 Å². The number of hydrogen-bond acceptors (Lipinski definition) is 6. The molecule has 2 aliphatic rings. The summed E-state index contributed by atoms with van der Waals surface area (Å²) in [5.41, 5.74) is 0.497. The first-order valence-electron chi connectivity index (χ1n) is 14.0. The molecule has 0 bridgehead atoms. The SMILES string of the molecule is CC(C)CCCCC(C(=O)OC(=O)C1N2C(=O)C(NC(=O)c3cccc4ccccc34)C2SC1(C)C)C(C)C. The van der Waals surface area contributed by atoms with Crippen LogP contribution in [0.15, 0.2) is 42.5 Å². The number of carbonyl (C=O) groups is 4. The van der Waals surface area contributed by atoms with Crippen molar-refractivity contribution < 1.29 is 23.9 Å². The van der Waals surface area contributed by atoms with Crippen molar-refractivity contribution in [2.75, 3.05) is 0 Å². The molecule has 0 aromatic heterocycles. The van der Waals surface area contributed by atoms with Gasteiger partial charge in [0.05, 0.1) is 5.92 Å². The maximum absolute atomic E-state index is 13.3. The number of amides is 2. The molecular weight excluding hydrogens is 512 g/mol. The Bertz CT molecular complexity index is 1250. The maximum atomic E-state index is 13.3. The van der Waals surface area contributed by atoms with Gasteiger partial charge in [0.2, 0.25) is 5.91 Å². The third-order valence-corrected chi connectivity index (χ3v) is 9.41. The van der Waals surface area contributed by atoms with E-state index in [0.29, 0.717) is 17.9 Å². The van der Waals surface area contributed by atoms with Gasteiger partial charge >= 0.3 is 11.9 Å². The van der Waals surface area contributed by atoms with Crippen molar-refractivity contribution in [1.29, 1.82) is 0 Å². The fourth-order valence-electron chi connectivity index (χ4n) is 5.64. The second kappa shape index (κ2) is 11.7. The van der Waals surface area contributed by atoms with E-state index in [9.17, 15) is 19.2 Å². The lowest BCUT2D eigenvalue weighted by Gasteiger charge is -2.43. The number of esters is 2. The quantitative estimate of drug-likeness (QED) is 0.180. The summed E-state index contributed by atoms with van der Waals surface area (Å²) in [4.78, 5) is 54.2. The number of rotatable bonds is 10. The monoisotopic (exact) mass is 552 g/mol. The summed E-state index contributed by atoms with van der Waals surface area (Å²) >= 11 is 1.45. The topological polar surface area (TPSA) is 92.8 Å². The number of ether oxygens (including phenoxy) is 1. The van der Waals surface area contributed by atoms with Gasteiger partial charge in [-0.3, -0.25) is 14.4 Å². The van der Waals surface area contributed by atoms with Crippen LogP contribution in [-0.4, -0.2) is 50.9 Å². The van der Waals surface area contributed by atoms with Crippen molar-refractivity contribution in [1.82, 2.24) is 10.2 Å². The first-order chi connectivity index (χ1) is 18.4. The summed E-state index contributed by atoms with van der Waals surface area (Å²) in [5.74, 6) is -1.59. The zero-order valence-electron chi connectivity index (χ0n) is 23.7. The summed E-state index contributed by atoms with van der Waals surface area (Å²) in [6, 6.07) is 11.4. The predicted octanol–water partition coefficient (Wildman–Crippen LogP) is 5.56. The highest BCUT2D eigenvalue weighted by Gasteiger charge is 2.64. The Hall–Kier alpha value is -2.87. The second-order valence-corrected chi connectivity index (χ2v) is 13.8. The number of nitrogens with one attached hydrogen (secondary N) is 1. The third kappa shape index (κ3) is 6.01. The molecule has 2 aromatic rings. The molecule has 2 aromatic carbocycles. The molecular formula is C31H40N2O5S. The van der Waals surface area contributed by atoms with Crippen LogP contribution >= 0.6 is 11.8 Å². The summed E-state index contributed by atoms with van der Waals surface area (Å²) in [6.45, 7) is 12.0. The zero-order chi connectivity index (χ0) is 28.5. The molecule has 39 heavy (non-hydrogen) atoms. The van der Waals surface area contributed by atoms with E-state index < -0.39 is 34.1 Å². The summed E-state index contributed by atoms with van der Waals surface area (Å²) < 4.78 is 4.75. The van der Waals surface area contributed by atoms with E-state index in [-0.39, 0.29) is 23.7 Å². The van der Waals surface area contributed by atoms with Gasteiger partial charge in [-0.1, -0.05) is 83.4 Å². The molecule has 4 rings (SSSR count). The van der Waals surface area contributed by atoms with Crippen LogP contribution in [0.1, 0.15) is 77.6 Å². The van der Waals surface area contributed by atoms with Crippen molar-refractivity contribution in [3.63, 3.8) is 0 Å². The molecule has 0 spiro atoms. The predicted molar refractivity (Wildman–Crippen MR) is 154 cm³/mol. The lowest BCUT2D eigenvalue weighted by Crippen LogP contribution is -2.70. The number of unbranched alkanes of at least 4 members (excludes halogenated alkanes) is 1. The summed E-state index contributed by atoms with van der Waals surface area (Å²) in [6.07, 6.45) is 3.71. The molecule has 2 saturated heterocycles.